The molecule has 0 aromatic heterocycles. The zero-order chi connectivity index (χ0) is 7.61. The standard InChI is InChI=1S/C10H14/c1-4-9-5-7-10(2,3)8-6-9/h4-7H,1,8H2,2-3H3. The highest BCUT2D eigenvalue weighted by atomic mass is 14.2. The van der Waals surface area contributed by atoms with E-state index in [1.807, 2.05) is 6.08 Å². The minimum absolute atomic E-state index is 0.354. The van der Waals surface area contributed by atoms with Gasteiger partial charge in [0.15, 0.2) is 0 Å². The van der Waals surface area contributed by atoms with E-state index in [1.165, 1.54) is 5.57 Å². The first-order chi connectivity index (χ1) is 4.64. The summed E-state index contributed by atoms with van der Waals surface area (Å²) in [5.41, 5.74) is 1.60. The molecule has 0 saturated heterocycles. The molecular weight excluding hydrogens is 120 g/mol. The van der Waals surface area contributed by atoms with Gasteiger partial charge in [-0.2, -0.15) is 0 Å². The van der Waals surface area contributed by atoms with Crippen LogP contribution >= 0.6 is 0 Å². The molecule has 1 aliphatic carbocycles. The molecule has 0 saturated carbocycles. The Labute approximate surface area is 62.9 Å². The normalized spacial score (nSPS) is 22.0. The third-order valence-electron chi connectivity index (χ3n) is 1.83. The second kappa shape index (κ2) is 2.45. The lowest BCUT2D eigenvalue weighted by atomic mass is 9.84. The molecule has 54 valence electrons. The second-order valence-electron chi connectivity index (χ2n) is 3.43. The van der Waals surface area contributed by atoms with Gasteiger partial charge in [-0.3, -0.25) is 0 Å². The summed E-state index contributed by atoms with van der Waals surface area (Å²) < 4.78 is 0. The number of allylic oxidation sites excluding steroid dienone is 5. The molecule has 0 unspecified atom stereocenters. The summed E-state index contributed by atoms with van der Waals surface area (Å²) in [5, 5.41) is 0. The lowest BCUT2D eigenvalue weighted by Crippen LogP contribution is -2.08. The van der Waals surface area contributed by atoms with Gasteiger partial charge in [0.25, 0.3) is 0 Å². The smallest absolute Gasteiger partial charge is 0.0137 e. The van der Waals surface area contributed by atoms with E-state index in [0.29, 0.717) is 5.41 Å². The van der Waals surface area contributed by atoms with Crippen molar-refractivity contribution in [2.75, 3.05) is 0 Å². The lowest BCUT2D eigenvalue weighted by molar-refractivity contribution is 0.483. The minimum atomic E-state index is 0.354. The predicted octanol–water partition coefficient (Wildman–Crippen LogP) is 3.08. The largest absolute Gasteiger partial charge is 0.0985 e. The van der Waals surface area contributed by atoms with Gasteiger partial charge in [0.05, 0.1) is 0 Å². The van der Waals surface area contributed by atoms with Gasteiger partial charge in [0.2, 0.25) is 0 Å². The number of hydrogen-bond acceptors (Lipinski definition) is 0. The molecule has 0 fully saturated rings. The van der Waals surface area contributed by atoms with Crippen LogP contribution in [0.15, 0.2) is 36.5 Å². The number of hydrogen-bond donors (Lipinski definition) is 0. The maximum absolute atomic E-state index is 3.71. The molecule has 0 amide bonds. The summed E-state index contributed by atoms with van der Waals surface area (Å²) in [6, 6.07) is 0. The van der Waals surface area contributed by atoms with Crippen LogP contribution in [0, 0.1) is 5.41 Å². The Kier molecular flexibility index (Phi) is 1.80. The SMILES string of the molecule is C=CC1=CCC(C)(C)C=C1. The quantitative estimate of drug-likeness (QED) is 0.517. The van der Waals surface area contributed by atoms with Crippen LogP contribution < -0.4 is 0 Å². The summed E-state index contributed by atoms with van der Waals surface area (Å²) in [6.45, 7) is 8.18. The first-order valence-electron chi connectivity index (χ1n) is 3.66. The third kappa shape index (κ3) is 1.60. The van der Waals surface area contributed by atoms with Crippen LogP contribution in [0.1, 0.15) is 20.3 Å². The Morgan fingerprint density at radius 3 is 2.70 bits per heavy atom. The fourth-order valence-electron chi connectivity index (χ4n) is 0.990. The van der Waals surface area contributed by atoms with Crippen molar-refractivity contribution in [2.24, 2.45) is 5.41 Å². The topological polar surface area (TPSA) is 0 Å². The summed E-state index contributed by atoms with van der Waals surface area (Å²) >= 11 is 0. The molecular formula is C10H14. The van der Waals surface area contributed by atoms with Crippen LogP contribution in [0.25, 0.3) is 0 Å². The van der Waals surface area contributed by atoms with E-state index in [1.54, 1.807) is 0 Å². The molecule has 10 heavy (non-hydrogen) atoms. The van der Waals surface area contributed by atoms with Crippen LogP contribution in [0.2, 0.25) is 0 Å². The average Bonchev–Trinajstić information content (AvgIpc) is 1.88. The van der Waals surface area contributed by atoms with E-state index in [-0.39, 0.29) is 0 Å². The Morgan fingerprint density at radius 1 is 1.60 bits per heavy atom. The molecule has 0 N–H and O–H groups in total. The summed E-state index contributed by atoms with van der Waals surface area (Å²) in [7, 11) is 0. The monoisotopic (exact) mass is 134 g/mol. The van der Waals surface area contributed by atoms with E-state index in [4.69, 9.17) is 0 Å². The molecule has 0 heterocycles. The van der Waals surface area contributed by atoms with Crippen molar-refractivity contribution in [3.8, 4) is 0 Å². The zero-order valence-electron chi connectivity index (χ0n) is 6.72. The van der Waals surface area contributed by atoms with Crippen molar-refractivity contribution in [1.82, 2.24) is 0 Å². The molecule has 0 aromatic rings. The molecule has 0 aliphatic heterocycles. The zero-order valence-corrected chi connectivity index (χ0v) is 6.72. The molecule has 1 rings (SSSR count). The molecule has 0 atom stereocenters. The predicted molar refractivity (Wildman–Crippen MR) is 45.8 cm³/mol. The van der Waals surface area contributed by atoms with Crippen molar-refractivity contribution in [3.63, 3.8) is 0 Å². The van der Waals surface area contributed by atoms with E-state index >= 15 is 0 Å². The third-order valence-corrected chi connectivity index (χ3v) is 1.83. The van der Waals surface area contributed by atoms with Crippen molar-refractivity contribution in [1.29, 1.82) is 0 Å². The van der Waals surface area contributed by atoms with Gasteiger partial charge in [-0.05, 0) is 17.4 Å². The van der Waals surface area contributed by atoms with Crippen LogP contribution in [0.5, 0.6) is 0 Å². The van der Waals surface area contributed by atoms with Crippen LogP contribution in [0.3, 0.4) is 0 Å². The van der Waals surface area contributed by atoms with Crippen LogP contribution in [-0.2, 0) is 0 Å². The average molecular weight is 134 g/mol. The van der Waals surface area contributed by atoms with Crippen molar-refractivity contribution in [3.05, 3.63) is 36.5 Å². The first kappa shape index (κ1) is 7.33. The molecule has 0 nitrogen and oxygen atoms in total. The summed E-state index contributed by atoms with van der Waals surface area (Å²) in [6.07, 6.45) is 9.63. The van der Waals surface area contributed by atoms with Gasteiger partial charge in [-0.1, -0.05) is 44.7 Å². The maximum Gasteiger partial charge on any atom is -0.0137 e. The van der Waals surface area contributed by atoms with Crippen LogP contribution in [0.4, 0.5) is 0 Å². The highest BCUT2D eigenvalue weighted by Gasteiger charge is 2.14. The number of rotatable bonds is 1. The first-order valence-corrected chi connectivity index (χ1v) is 3.66. The lowest BCUT2D eigenvalue weighted by Gasteiger charge is -2.21. The van der Waals surface area contributed by atoms with Gasteiger partial charge in [0.1, 0.15) is 0 Å². The van der Waals surface area contributed by atoms with Crippen molar-refractivity contribution in [2.45, 2.75) is 20.3 Å². The maximum atomic E-state index is 3.71. The van der Waals surface area contributed by atoms with Crippen LogP contribution in [-0.4, -0.2) is 0 Å². The fourth-order valence-corrected chi connectivity index (χ4v) is 0.990. The minimum Gasteiger partial charge on any atom is -0.0985 e. The molecule has 0 heteroatoms. The summed E-state index contributed by atoms with van der Waals surface area (Å²) in [4.78, 5) is 0. The Bertz CT molecular complexity index is 192. The molecule has 0 aromatic carbocycles. The van der Waals surface area contributed by atoms with Crippen molar-refractivity contribution >= 4 is 0 Å². The van der Waals surface area contributed by atoms with Crippen molar-refractivity contribution < 1.29 is 0 Å². The molecule has 0 spiro atoms. The molecule has 0 bridgehead atoms. The Balaban J connectivity index is 2.72. The molecule has 0 radical (unpaired) electrons. The Hall–Kier alpha value is -0.780. The van der Waals surface area contributed by atoms with E-state index in [0.717, 1.165) is 6.42 Å². The van der Waals surface area contributed by atoms with Gasteiger partial charge in [-0.25, -0.2) is 0 Å². The van der Waals surface area contributed by atoms with Gasteiger partial charge < -0.3 is 0 Å². The second-order valence-corrected chi connectivity index (χ2v) is 3.43. The van der Waals surface area contributed by atoms with E-state index in [9.17, 15) is 0 Å². The Morgan fingerprint density at radius 2 is 2.30 bits per heavy atom. The molecule has 1 aliphatic rings. The highest BCUT2D eigenvalue weighted by molar-refractivity contribution is 5.33. The van der Waals surface area contributed by atoms with Gasteiger partial charge in [0, 0.05) is 0 Å². The summed E-state index contributed by atoms with van der Waals surface area (Å²) in [5.74, 6) is 0. The van der Waals surface area contributed by atoms with Gasteiger partial charge in [-0.15, -0.1) is 0 Å². The van der Waals surface area contributed by atoms with E-state index in [2.05, 4.69) is 38.7 Å². The fraction of sp³-hybridized carbons (Fsp3) is 0.400. The van der Waals surface area contributed by atoms with E-state index < -0.39 is 0 Å². The van der Waals surface area contributed by atoms with Gasteiger partial charge >= 0.3 is 0 Å². The highest BCUT2D eigenvalue weighted by Crippen LogP contribution is 2.28.